The Bertz CT molecular complexity index is 122. The molecule has 0 amide bonds. The van der Waals surface area contributed by atoms with Gasteiger partial charge in [-0.05, 0) is 13.0 Å². The van der Waals surface area contributed by atoms with E-state index >= 15 is 0 Å². The maximum atomic E-state index is 2.60. The SMILES string of the molecule is CCCCN1CC[N+](C)(C)CC1. The third-order valence-corrected chi connectivity index (χ3v) is 2.87. The molecule has 0 saturated carbocycles. The number of likely N-dealkylation sites (N-methyl/N-ethyl adjacent to an activating group) is 1. The lowest BCUT2D eigenvalue weighted by Gasteiger charge is -2.39. The smallest absolute Gasteiger partial charge is 0.0912 e. The molecule has 0 N–H and O–H groups in total. The average molecular weight is 171 g/mol. The maximum Gasteiger partial charge on any atom is 0.0912 e. The van der Waals surface area contributed by atoms with Gasteiger partial charge < -0.3 is 4.48 Å². The Morgan fingerprint density at radius 3 is 2.25 bits per heavy atom. The second-order valence-corrected chi connectivity index (χ2v) is 4.58. The predicted octanol–water partition coefficient (Wildman–Crippen LogP) is 1.18. The minimum atomic E-state index is 1.21. The van der Waals surface area contributed by atoms with Crippen LogP contribution in [0.1, 0.15) is 19.8 Å². The fourth-order valence-electron chi connectivity index (χ4n) is 1.65. The van der Waals surface area contributed by atoms with Crippen LogP contribution in [-0.4, -0.2) is 56.2 Å². The number of piperazine rings is 1. The molecule has 0 unspecified atom stereocenters. The van der Waals surface area contributed by atoms with E-state index in [1.165, 1.54) is 50.0 Å². The van der Waals surface area contributed by atoms with Crippen LogP contribution in [0.3, 0.4) is 0 Å². The third-order valence-electron chi connectivity index (χ3n) is 2.87. The van der Waals surface area contributed by atoms with Gasteiger partial charge in [0.15, 0.2) is 0 Å². The normalized spacial score (nSPS) is 24.2. The van der Waals surface area contributed by atoms with Gasteiger partial charge in [0.1, 0.15) is 0 Å². The van der Waals surface area contributed by atoms with Gasteiger partial charge in [0.2, 0.25) is 0 Å². The van der Waals surface area contributed by atoms with Gasteiger partial charge >= 0.3 is 0 Å². The van der Waals surface area contributed by atoms with Gasteiger partial charge in [-0.3, -0.25) is 4.90 Å². The molecule has 0 atom stereocenters. The van der Waals surface area contributed by atoms with Crippen LogP contribution in [0.15, 0.2) is 0 Å². The van der Waals surface area contributed by atoms with Crippen LogP contribution in [0.4, 0.5) is 0 Å². The molecule has 0 bridgehead atoms. The maximum absolute atomic E-state index is 2.60. The van der Waals surface area contributed by atoms with Crippen LogP contribution in [0.5, 0.6) is 0 Å². The summed E-state index contributed by atoms with van der Waals surface area (Å²) in [6.07, 6.45) is 2.70. The number of quaternary nitrogens is 1. The highest BCUT2D eigenvalue weighted by molar-refractivity contribution is 4.61. The first-order valence-corrected chi connectivity index (χ1v) is 5.18. The topological polar surface area (TPSA) is 3.24 Å². The minimum Gasteiger partial charge on any atom is -0.326 e. The molecule has 0 aromatic heterocycles. The largest absolute Gasteiger partial charge is 0.326 e. The summed E-state index contributed by atoms with van der Waals surface area (Å²) in [7, 11) is 4.66. The highest BCUT2D eigenvalue weighted by Crippen LogP contribution is 2.06. The number of rotatable bonds is 3. The van der Waals surface area contributed by atoms with E-state index in [1.54, 1.807) is 0 Å². The molecule has 0 spiro atoms. The summed E-state index contributed by atoms with van der Waals surface area (Å²) in [5.74, 6) is 0. The molecule has 1 aliphatic heterocycles. The minimum absolute atomic E-state index is 1.21. The molecule has 72 valence electrons. The molecule has 0 aromatic rings. The fourth-order valence-corrected chi connectivity index (χ4v) is 1.65. The molecule has 2 heteroatoms. The Morgan fingerprint density at radius 2 is 1.75 bits per heavy atom. The first kappa shape index (κ1) is 10.0. The highest BCUT2D eigenvalue weighted by atomic mass is 15.4. The Morgan fingerprint density at radius 1 is 1.17 bits per heavy atom. The summed E-state index contributed by atoms with van der Waals surface area (Å²) in [5.41, 5.74) is 0. The lowest BCUT2D eigenvalue weighted by Crippen LogP contribution is -2.54. The Balaban J connectivity index is 2.18. The molecule has 2 nitrogen and oxygen atoms in total. The van der Waals surface area contributed by atoms with E-state index in [0.717, 1.165) is 0 Å². The number of hydrogen-bond donors (Lipinski definition) is 0. The van der Waals surface area contributed by atoms with Gasteiger partial charge in [0, 0.05) is 13.1 Å². The molecule has 1 fully saturated rings. The molecule has 12 heavy (non-hydrogen) atoms. The summed E-state index contributed by atoms with van der Waals surface area (Å²) >= 11 is 0. The third kappa shape index (κ3) is 3.11. The zero-order valence-corrected chi connectivity index (χ0v) is 8.84. The lowest BCUT2D eigenvalue weighted by atomic mass is 10.2. The van der Waals surface area contributed by atoms with E-state index in [9.17, 15) is 0 Å². The monoisotopic (exact) mass is 171 g/mol. The summed E-state index contributed by atoms with van der Waals surface area (Å²) in [6.45, 7) is 8.83. The summed E-state index contributed by atoms with van der Waals surface area (Å²) in [6, 6.07) is 0. The van der Waals surface area contributed by atoms with E-state index in [4.69, 9.17) is 0 Å². The quantitative estimate of drug-likeness (QED) is 0.576. The molecule has 1 aliphatic rings. The van der Waals surface area contributed by atoms with Crippen molar-refractivity contribution in [2.75, 3.05) is 46.8 Å². The Labute approximate surface area is 76.7 Å². The van der Waals surface area contributed by atoms with E-state index in [0.29, 0.717) is 0 Å². The van der Waals surface area contributed by atoms with Gasteiger partial charge in [0.05, 0.1) is 27.2 Å². The van der Waals surface area contributed by atoms with Crippen LogP contribution in [0.25, 0.3) is 0 Å². The summed E-state index contributed by atoms with van der Waals surface area (Å²) in [5, 5.41) is 0. The molecular weight excluding hydrogens is 148 g/mol. The summed E-state index contributed by atoms with van der Waals surface area (Å²) < 4.78 is 1.21. The van der Waals surface area contributed by atoms with E-state index in [2.05, 4.69) is 25.9 Å². The lowest BCUT2D eigenvalue weighted by molar-refractivity contribution is -0.894. The Hall–Kier alpha value is -0.0800. The van der Waals surface area contributed by atoms with Crippen molar-refractivity contribution < 1.29 is 4.48 Å². The van der Waals surface area contributed by atoms with Crippen molar-refractivity contribution in [1.29, 1.82) is 0 Å². The van der Waals surface area contributed by atoms with Crippen LogP contribution < -0.4 is 0 Å². The van der Waals surface area contributed by atoms with Crippen molar-refractivity contribution in [3.63, 3.8) is 0 Å². The number of nitrogens with zero attached hydrogens (tertiary/aromatic N) is 2. The molecule has 0 aromatic carbocycles. The van der Waals surface area contributed by atoms with E-state index < -0.39 is 0 Å². The van der Waals surface area contributed by atoms with Gasteiger partial charge in [-0.1, -0.05) is 13.3 Å². The van der Waals surface area contributed by atoms with Crippen LogP contribution in [-0.2, 0) is 0 Å². The van der Waals surface area contributed by atoms with Crippen molar-refractivity contribution in [1.82, 2.24) is 4.90 Å². The average Bonchev–Trinajstić information content (AvgIpc) is 2.03. The van der Waals surface area contributed by atoms with E-state index in [1.807, 2.05) is 0 Å². The van der Waals surface area contributed by atoms with E-state index in [-0.39, 0.29) is 0 Å². The molecule has 1 saturated heterocycles. The van der Waals surface area contributed by atoms with Crippen molar-refractivity contribution in [2.24, 2.45) is 0 Å². The van der Waals surface area contributed by atoms with Crippen LogP contribution >= 0.6 is 0 Å². The van der Waals surface area contributed by atoms with Crippen LogP contribution in [0.2, 0.25) is 0 Å². The first-order chi connectivity index (χ1) is 5.64. The van der Waals surface area contributed by atoms with Gasteiger partial charge in [0.25, 0.3) is 0 Å². The van der Waals surface area contributed by atoms with Gasteiger partial charge in [-0.15, -0.1) is 0 Å². The highest BCUT2D eigenvalue weighted by Gasteiger charge is 2.23. The van der Waals surface area contributed by atoms with Crippen molar-refractivity contribution in [2.45, 2.75) is 19.8 Å². The van der Waals surface area contributed by atoms with Crippen molar-refractivity contribution in [3.8, 4) is 0 Å². The molecule has 0 aliphatic carbocycles. The fraction of sp³-hybridized carbons (Fsp3) is 1.00. The standard InChI is InChI=1S/C10H23N2/c1-4-5-6-11-7-9-12(2,3)10-8-11/h4-10H2,1-3H3/q+1. The number of hydrogen-bond acceptors (Lipinski definition) is 1. The van der Waals surface area contributed by atoms with Crippen molar-refractivity contribution in [3.05, 3.63) is 0 Å². The van der Waals surface area contributed by atoms with Gasteiger partial charge in [-0.2, -0.15) is 0 Å². The number of unbranched alkanes of at least 4 members (excludes halogenated alkanes) is 1. The van der Waals surface area contributed by atoms with Crippen molar-refractivity contribution >= 4 is 0 Å². The molecular formula is C10H23N2+. The second-order valence-electron chi connectivity index (χ2n) is 4.58. The molecule has 1 heterocycles. The zero-order valence-electron chi connectivity index (χ0n) is 8.84. The molecule has 0 radical (unpaired) electrons. The van der Waals surface area contributed by atoms with Gasteiger partial charge in [-0.25, -0.2) is 0 Å². The zero-order chi connectivity index (χ0) is 9.03. The molecule has 1 rings (SSSR count). The Kier molecular flexibility index (Phi) is 3.53. The predicted molar refractivity (Wildman–Crippen MR) is 53.2 cm³/mol. The first-order valence-electron chi connectivity index (χ1n) is 5.18. The summed E-state index contributed by atoms with van der Waals surface area (Å²) in [4.78, 5) is 2.60. The second kappa shape index (κ2) is 4.24. The van der Waals surface area contributed by atoms with Crippen LogP contribution in [0, 0.1) is 0 Å².